The Morgan fingerprint density at radius 3 is 2.57 bits per heavy atom. The number of thioether (sulfide) groups is 1. The zero-order valence-electron chi connectivity index (χ0n) is 16.6. The zero-order chi connectivity index (χ0) is 21.7. The molecule has 3 aromatic rings. The summed E-state index contributed by atoms with van der Waals surface area (Å²) in [4.78, 5) is 12.2. The summed E-state index contributed by atoms with van der Waals surface area (Å²) in [5.74, 6) is 0.343. The van der Waals surface area contributed by atoms with E-state index in [0.717, 1.165) is 17.7 Å². The Kier molecular flexibility index (Phi) is 7.05. The van der Waals surface area contributed by atoms with Crippen LogP contribution in [0.5, 0.6) is 0 Å². The number of aromatic nitrogens is 5. The summed E-state index contributed by atoms with van der Waals surface area (Å²) in [7, 11) is -1.78. The fraction of sp³-hybridized carbons (Fsp3) is 0.353. The van der Waals surface area contributed by atoms with Gasteiger partial charge in [0.05, 0.1) is 24.2 Å². The third-order valence-electron chi connectivity index (χ3n) is 4.00. The number of anilines is 2. The average molecular weight is 468 g/mol. The minimum absolute atomic E-state index is 0.0314. The Morgan fingerprint density at radius 2 is 1.93 bits per heavy atom. The molecule has 2 aromatic heterocycles. The van der Waals surface area contributed by atoms with Gasteiger partial charge in [0.1, 0.15) is 5.01 Å². The normalized spacial score (nSPS) is 11.4. The first-order chi connectivity index (χ1) is 14.3. The third kappa shape index (κ3) is 5.55. The maximum Gasteiger partial charge on any atom is 0.236 e. The van der Waals surface area contributed by atoms with Crippen molar-refractivity contribution >= 4 is 49.8 Å². The van der Waals surface area contributed by atoms with E-state index < -0.39 is 10.0 Å². The summed E-state index contributed by atoms with van der Waals surface area (Å²) in [6, 6.07) is 8.79. The van der Waals surface area contributed by atoms with Crippen molar-refractivity contribution in [2.75, 3.05) is 21.6 Å². The minimum atomic E-state index is -3.51. The molecular formula is C17H21N7O3S3. The van der Waals surface area contributed by atoms with Crippen LogP contribution in [0.3, 0.4) is 0 Å². The van der Waals surface area contributed by atoms with E-state index in [-0.39, 0.29) is 18.2 Å². The number of benzene rings is 1. The van der Waals surface area contributed by atoms with Crippen molar-refractivity contribution in [3.63, 3.8) is 0 Å². The molecule has 160 valence electrons. The molecular weight excluding hydrogens is 446 g/mol. The molecule has 0 unspecified atom stereocenters. The first kappa shape index (κ1) is 22.2. The maximum atomic E-state index is 12.3. The molecule has 0 aliphatic carbocycles. The van der Waals surface area contributed by atoms with E-state index in [1.54, 1.807) is 35.9 Å². The second kappa shape index (κ2) is 9.53. The van der Waals surface area contributed by atoms with Gasteiger partial charge in [-0.05, 0) is 18.6 Å². The summed E-state index contributed by atoms with van der Waals surface area (Å²) in [5, 5.41) is 20.6. The number of nitrogens with one attached hydrogen (secondary N) is 1. The number of sulfonamides is 1. The predicted molar refractivity (Wildman–Crippen MR) is 117 cm³/mol. The molecule has 0 saturated heterocycles. The van der Waals surface area contributed by atoms with Gasteiger partial charge in [0.2, 0.25) is 21.1 Å². The van der Waals surface area contributed by atoms with Gasteiger partial charge in [-0.1, -0.05) is 48.2 Å². The molecule has 0 atom stereocenters. The molecule has 13 heteroatoms. The fourth-order valence-electron chi connectivity index (χ4n) is 2.46. The van der Waals surface area contributed by atoms with E-state index in [9.17, 15) is 13.2 Å². The highest BCUT2D eigenvalue weighted by atomic mass is 32.2. The minimum Gasteiger partial charge on any atom is -0.308 e. The lowest BCUT2D eigenvalue weighted by Gasteiger charge is -2.21. The number of aryl methyl sites for hydroxylation is 1. The van der Waals surface area contributed by atoms with Crippen molar-refractivity contribution in [3.05, 3.63) is 41.2 Å². The van der Waals surface area contributed by atoms with Crippen LogP contribution in [-0.2, 0) is 34.8 Å². The summed E-state index contributed by atoms with van der Waals surface area (Å²) in [5.41, 5.74) is 0.542. The van der Waals surface area contributed by atoms with Gasteiger partial charge >= 0.3 is 0 Å². The van der Waals surface area contributed by atoms with Crippen LogP contribution in [0.4, 0.5) is 10.8 Å². The number of hydrogen-bond donors (Lipinski definition) is 1. The van der Waals surface area contributed by atoms with Crippen LogP contribution in [0.2, 0.25) is 0 Å². The van der Waals surface area contributed by atoms with E-state index in [1.807, 2.05) is 13.0 Å². The molecule has 0 radical (unpaired) electrons. The summed E-state index contributed by atoms with van der Waals surface area (Å²) >= 11 is 2.54. The van der Waals surface area contributed by atoms with Crippen molar-refractivity contribution in [1.29, 1.82) is 0 Å². The van der Waals surface area contributed by atoms with Crippen molar-refractivity contribution < 1.29 is 13.2 Å². The highest BCUT2D eigenvalue weighted by Gasteiger charge is 2.21. The highest BCUT2D eigenvalue weighted by molar-refractivity contribution is 7.99. The molecule has 0 aliphatic rings. The van der Waals surface area contributed by atoms with Crippen molar-refractivity contribution in [2.45, 2.75) is 25.0 Å². The van der Waals surface area contributed by atoms with Gasteiger partial charge < -0.3 is 4.57 Å². The number of hydrogen-bond acceptors (Lipinski definition) is 9. The number of carbonyl (C=O) groups excluding carboxylic acids is 1. The second-order valence-electron chi connectivity index (χ2n) is 6.25. The van der Waals surface area contributed by atoms with Crippen LogP contribution in [-0.4, -0.2) is 51.3 Å². The summed E-state index contributed by atoms with van der Waals surface area (Å²) in [6.07, 6.45) is 1.91. The number of rotatable bonds is 9. The van der Waals surface area contributed by atoms with Gasteiger partial charge in [-0.25, -0.2) is 8.42 Å². The second-order valence-corrected chi connectivity index (χ2v) is 10.2. The van der Waals surface area contributed by atoms with Gasteiger partial charge in [0.25, 0.3) is 0 Å². The lowest BCUT2D eigenvalue weighted by Crippen LogP contribution is -2.30. The number of amides is 1. The average Bonchev–Trinajstić information content (AvgIpc) is 3.30. The topological polar surface area (TPSA) is 123 Å². The van der Waals surface area contributed by atoms with E-state index in [4.69, 9.17) is 0 Å². The van der Waals surface area contributed by atoms with E-state index in [1.165, 1.54) is 27.4 Å². The van der Waals surface area contributed by atoms with Gasteiger partial charge in [-0.2, -0.15) is 0 Å². The van der Waals surface area contributed by atoms with Crippen LogP contribution in [0, 0.1) is 0 Å². The molecule has 0 aliphatic heterocycles. The molecule has 3 rings (SSSR count). The van der Waals surface area contributed by atoms with E-state index >= 15 is 0 Å². The van der Waals surface area contributed by atoms with Crippen LogP contribution in [0.25, 0.3) is 0 Å². The van der Waals surface area contributed by atoms with Gasteiger partial charge in [0.15, 0.2) is 11.0 Å². The zero-order valence-corrected chi connectivity index (χ0v) is 19.1. The molecule has 0 saturated carbocycles. The van der Waals surface area contributed by atoms with E-state index in [2.05, 4.69) is 25.7 Å². The Hall–Kier alpha value is -2.51. The first-order valence-corrected chi connectivity index (χ1v) is 12.6. The molecule has 0 spiro atoms. The molecule has 0 fully saturated rings. The molecule has 1 aromatic carbocycles. The maximum absolute atomic E-state index is 12.3. The predicted octanol–water partition coefficient (Wildman–Crippen LogP) is 1.93. The number of carbonyl (C=O) groups is 1. The summed E-state index contributed by atoms with van der Waals surface area (Å²) in [6.45, 7) is 2.00. The highest BCUT2D eigenvalue weighted by Crippen LogP contribution is 2.22. The molecule has 1 amide bonds. The number of para-hydroxylation sites is 1. The summed E-state index contributed by atoms with van der Waals surface area (Å²) < 4.78 is 27.5. The molecule has 2 heterocycles. The molecule has 30 heavy (non-hydrogen) atoms. The largest absolute Gasteiger partial charge is 0.308 e. The number of nitrogens with zero attached hydrogens (tertiary/aromatic N) is 6. The van der Waals surface area contributed by atoms with Gasteiger partial charge in [0, 0.05) is 7.05 Å². The van der Waals surface area contributed by atoms with Crippen molar-refractivity contribution in [2.24, 2.45) is 7.05 Å². The Morgan fingerprint density at radius 1 is 1.20 bits per heavy atom. The SMILES string of the molecule is CCc1nnc(NC(=O)CSc2nnc(CN(c3ccccc3)S(C)(=O)=O)n2C)s1. The smallest absolute Gasteiger partial charge is 0.236 e. The van der Waals surface area contributed by atoms with Crippen LogP contribution < -0.4 is 9.62 Å². The monoisotopic (exact) mass is 467 g/mol. The third-order valence-corrected chi connectivity index (χ3v) is 7.15. The fourth-order valence-corrected chi connectivity index (χ4v) is 4.74. The van der Waals surface area contributed by atoms with Gasteiger partial charge in [-0.3, -0.25) is 14.4 Å². The van der Waals surface area contributed by atoms with Gasteiger partial charge in [-0.15, -0.1) is 20.4 Å². The molecule has 1 N–H and O–H groups in total. The standard InChI is InChI=1S/C17H21N7O3S3/c1-4-15-20-21-16(29-15)18-14(25)11-28-17-22-19-13(23(17)2)10-24(30(3,26)27)12-8-6-5-7-9-12/h5-9H,4,10-11H2,1-3H3,(H,18,21,25). The molecule has 0 bridgehead atoms. The van der Waals surface area contributed by atoms with Crippen LogP contribution in [0.15, 0.2) is 35.5 Å². The van der Waals surface area contributed by atoms with Crippen molar-refractivity contribution in [3.8, 4) is 0 Å². The quantitative estimate of drug-likeness (QED) is 0.474. The lowest BCUT2D eigenvalue weighted by molar-refractivity contribution is -0.113. The Balaban J connectivity index is 1.65. The molecule has 10 nitrogen and oxygen atoms in total. The Bertz CT molecular complexity index is 1110. The van der Waals surface area contributed by atoms with Crippen molar-refractivity contribution in [1.82, 2.24) is 25.0 Å². The van der Waals surface area contributed by atoms with Crippen LogP contribution in [0.1, 0.15) is 17.8 Å². The van der Waals surface area contributed by atoms with E-state index in [0.29, 0.717) is 21.8 Å². The Labute approximate surface area is 182 Å². The lowest BCUT2D eigenvalue weighted by atomic mass is 10.3. The van der Waals surface area contributed by atoms with Crippen LogP contribution >= 0.6 is 23.1 Å². The first-order valence-electron chi connectivity index (χ1n) is 8.94.